The molecule has 0 radical (unpaired) electrons. The largest absolute Gasteiger partial charge is 0.497 e. The van der Waals surface area contributed by atoms with Crippen LogP contribution in [0.15, 0.2) is 52.9 Å². The molecule has 0 aliphatic carbocycles. The van der Waals surface area contributed by atoms with Crippen LogP contribution in [-0.4, -0.2) is 32.7 Å². The summed E-state index contributed by atoms with van der Waals surface area (Å²) in [6.07, 6.45) is 0. The molecule has 1 atom stereocenters. The Morgan fingerprint density at radius 1 is 1.07 bits per heavy atom. The lowest BCUT2D eigenvalue weighted by atomic mass is 10.2. The van der Waals surface area contributed by atoms with Crippen molar-refractivity contribution in [3.8, 4) is 11.5 Å². The van der Waals surface area contributed by atoms with Gasteiger partial charge in [0.15, 0.2) is 6.61 Å². The minimum absolute atomic E-state index is 0.210. The summed E-state index contributed by atoms with van der Waals surface area (Å²) in [5.74, 6) is 0.378. The Labute approximate surface area is 162 Å². The molecule has 7 nitrogen and oxygen atoms in total. The molecule has 0 aliphatic heterocycles. The van der Waals surface area contributed by atoms with Crippen molar-refractivity contribution < 1.29 is 28.2 Å². The van der Waals surface area contributed by atoms with Crippen molar-refractivity contribution in [3.63, 3.8) is 0 Å². The minimum atomic E-state index is -0.661. The van der Waals surface area contributed by atoms with Crippen molar-refractivity contribution in [2.24, 2.45) is 0 Å². The van der Waals surface area contributed by atoms with Gasteiger partial charge in [-0.3, -0.25) is 4.79 Å². The smallest absolute Gasteiger partial charge is 0.342 e. The van der Waals surface area contributed by atoms with Gasteiger partial charge in [0, 0.05) is 11.5 Å². The van der Waals surface area contributed by atoms with Gasteiger partial charge in [0.2, 0.25) is 0 Å². The average molecular weight is 383 g/mol. The molecule has 0 fully saturated rings. The highest BCUT2D eigenvalue weighted by Crippen LogP contribution is 2.25. The summed E-state index contributed by atoms with van der Waals surface area (Å²) >= 11 is 0. The van der Waals surface area contributed by atoms with Crippen LogP contribution in [0.1, 0.15) is 29.1 Å². The van der Waals surface area contributed by atoms with Crippen LogP contribution < -0.4 is 14.8 Å². The Balaban J connectivity index is 1.58. The first-order valence-corrected chi connectivity index (χ1v) is 8.69. The first-order chi connectivity index (χ1) is 13.5. The normalized spacial score (nSPS) is 11.7. The van der Waals surface area contributed by atoms with Crippen LogP contribution in [0.25, 0.3) is 11.0 Å². The Bertz CT molecular complexity index is 960. The summed E-state index contributed by atoms with van der Waals surface area (Å²) in [5, 5.41) is 3.70. The maximum atomic E-state index is 12.3. The number of nitrogens with one attached hydrogen (secondary N) is 1. The molecular formula is C21H21NO6. The summed E-state index contributed by atoms with van der Waals surface area (Å²) < 4.78 is 21.1. The third-order valence-corrected chi connectivity index (χ3v) is 4.21. The standard InChI is InChI=1S/C21H21NO6/c1-13(18-10-14-6-4-5-7-17(14)28-18)22-20(23)12-27-21(24)16-9-8-15(25-2)11-19(16)26-3/h4-11,13H,12H2,1-3H3,(H,22,23)/t13-/m0/s1. The minimum Gasteiger partial charge on any atom is -0.497 e. The van der Waals surface area contributed by atoms with E-state index in [9.17, 15) is 9.59 Å². The van der Waals surface area contributed by atoms with Crippen LogP contribution >= 0.6 is 0 Å². The fourth-order valence-corrected chi connectivity index (χ4v) is 2.75. The van der Waals surface area contributed by atoms with Crippen LogP contribution in [0.3, 0.4) is 0 Å². The Morgan fingerprint density at radius 3 is 2.57 bits per heavy atom. The second-order valence-electron chi connectivity index (χ2n) is 6.12. The third kappa shape index (κ3) is 4.25. The van der Waals surface area contributed by atoms with Crippen LogP contribution in [-0.2, 0) is 9.53 Å². The molecule has 0 bridgehead atoms. The quantitative estimate of drug-likeness (QED) is 0.629. The van der Waals surface area contributed by atoms with Gasteiger partial charge in [-0.2, -0.15) is 0 Å². The number of rotatable bonds is 7. The Morgan fingerprint density at radius 2 is 1.86 bits per heavy atom. The molecule has 7 heteroatoms. The van der Waals surface area contributed by atoms with E-state index in [1.165, 1.54) is 20.3 Å². The van der Waals surface area contributed by atoms with Gasteiger partial charge >= 0.3 is 5.97 Å². The van der Waals surface area contributed by atoms with E-state index in [0.29, 0.717) is 17.3 Å². The van der Waals surface area contributed by atoms with E-state index in [0.717, 1.165) is 11.0 Å². The van der Waals surface area contributed by atoms with Gasteiger partial charge in [0.25, 0.3) is 5.91 Å². The van der Waals surface area contributed by atoms with Crippen molar-refractivity contribution in [3.05, 3.63) is 59.9 Å². The number of furan rings is 1. The predicted octanol–water partition coefficient (Wildman–Crippen LogP) is 3.48. The molecule has 28 heavy (non-hydrogen) atoms. The molecule has 0 saturated carbocycles. The number of fused-ring (bicyclic) bond motifs is 1. The molecular weight excluding hydrogens is 362 g/mol. The number of hydrogen-bond acceptors (Lipinski definition) is 6. The maximum Gasteiger partial charge on any atom is 0.342 e. The highest BCUT2D eigenvalue weighted by molar-refractivity contribution is 5.94. The Hall–Kier alpha value is -3.48. The number of ether oxygens (including phenoxy) is 3. The zero-order valence-corrected chi connectivity index (χ0v) is 15.9. The summed E-state index contributed by atoms with van der Waals surface area (Å²) in [7, 11) is 2.95. The van der Waals surface area contributed by atoms with Crippen molar-refractivity contribution in [2.75, 3.05) is 20.8 Å². The van der Waals surface area contributed by atoms with Gasteiger partial charge < -0.3 is 23.9 Å². The summed E-state index contributed by atoms with van der Waals surface area (Å²) in [6.45, 7) is 1.38. The van der Waals surface area contributed by atoms with Crippen molar-refractivity contribution >= 4 is 22.8 Å². The lowest BCUT2D eigenvalue weighted by molar-refractivity contribution is -0.125. The first-order valence-electron chi connectivity index (χ1n) is 8.69. The molecule has 1 N–H and O–H groups in total. The van der Waals surface area contributed by atoms with Crippen LogP contribution in [0.4, 0.5) is 0 Å². The van der Waals surface area contributed by atoms with Gasteiger partial charge in [0.1, 0.15) is 28.4 Å². The number of carbonyl (C=O) groups is 2. The molecule has 146 valence electrons. The van der Waals surface area contributed by atoms with E-state index >= 15 is 0 Å². The number of para-hydroxylation sites is 1. The van der Waals surface area contributed by atoms with E-state index < -0.39 is 18.5 Å². The van der Waals surface area contributed by atoms with Crippen LogP contribution in [0.5, 0.6) is 11.5 Å². The average Bonchev–Trinajstić information content (AvgIpc) is 3.16. The number of hydrogen-bond donors (Lipinski definition) is 1. The van der Waals surface area contributed by atoms with Gasteiger partial charge in [-0.25, -0.2) is 4.79 Å². The molecule has 2 aromatic carbocycles. The lowest BCUT2D eigenvalue weighted by Gasteiger charge is -2.13. The predicted molar refractivity (Wildman–Crippen MR) is 103 cm³/mol. The van der Waals surface area contributed by atoms with E-state index in [4.69, 9.17) is 18.6 Å². The number of esters is 1. The van der Waals surface area contributed by atoms with E-state index in [2.05, 4.69) is 5.32 Å². The fourth-order valence-electron chi connectivity index (χ4n) is 2.75. The number of methoxy groups -OCH3 is 2. The molecule has 0 spiro atoms. The fraction of sp³-hybridized carbons (Fsp3) is 0.238. The lowest BCUT2D eigenvalue weighted by Crippen LogP contribution is -2.31. The molecule has 1 heterocycles. The molecule has 0 aliphatic rings. The van der Waals surface area contributed by atoms with Crippen LogP contribution in [0.2, 0.25) is 0 Å². The summed E-state index contributed by atoms with van der Waals surface area (Å²) in [4.78, 5) is 24.4. The van der Waals surface area contributed by atoms with Crippen molar-refractivity contribution in [2.45, 2.75) is 13.0 Å². The SMILES string of the molecule is COc1ccc(C(=O)OCC(=O)N[C@@H](C)c2cc3ccccc3o2)c(OC)c1. The van der Waals surface area contributed by atoms with E-state index in [1.54, 1.807) is 19.1 Å². The number of amides is 1. The molecule has 1 aromatic heterocycles. The van der Waals surface area contributed by atoms with Gasteiger partial charge in [0.05, 0.1) is 20.3 Å². The summed E-state index contributed by atoms with van der Waals surface area (Å²) in [5.41, 5.74) is 0.957. The van der Waals surface area contributed by atoms with Gasteiger partial charge in [-0.15, -0.1) is 0 Å². The molecule has 3 aromatic rings. The monoisotopic (exact) mass is 383 g/mol. The number of carbonyl (C=O) groups excluding carboxylic acids is 2. The van der Waals surface area contributed by atoms with Crippen molar-refractivity contribution in [1.29, 1.82) is 0 Å². The number of benzene rings is 2. The van der Waals surface area contributed by atoms with Gasteiger partial charge in [-0.1, -0.05) is 18.2 Å². The van der Waals surface area contributed by atoms with Crippen LogP contribution in [0, 0.1) is 0 Å². The summed E-state index contributed by atoms with van der Waals surface area (Å²) in [6, 6.07) is 13.8. The Kier molecular flexibility index (Phi) is 5.84. The van der Waals surface area contributed by atoms with E-state index in [-0.39, 0.29) is 11.6 Å². The zero-order chi connectivity index (χ0) is 20.1. The highest BCUT2D eigenvalue weighted by Gasteiger charge is 2.18. The first kappa shape index (κ1) is 19.3. The second-order valence-corrected chi connectivity index (χ2v) is 6.12. The zero-order valence-electron chi connectivity index (χ0n) is 15.9. The van der Waals surface area contributed by atoms with E-state index in [1.807, 2.05) is 30.3 Å². The molecule has 0 saturated heterocycles. The van der Waals surface area contributed by atoms with Crippen molar-refractivity contribution in [1.82, 2.24) is 5.32 Å². The topological polar surface area (TPSA) is 87.0 Å². The third-order valence-electron chi connectivity index (χ3n) is 4.21. The van der Waals surface area contributed by atoms with Gasteiger partial charge in [-0.05, 0) is 31.2 Å². The molecule has 1 amide bonds. The highest BCUT2D eigenvalue weighted by atomic mass is 16.5. The molecule has 3 rings (SSSR count). The second kappa shape index (κ2) is 8.47. The maximum absolute atomic E-state index is 12.3. The molecule has 0 unspecified atom stereocenters.